The second-order valence-electron chi connectivity index (χ2n) is 8.03. The molecule has 0 saturated carbocycles. The minimum absolute atomic E-state index is 0.105. The second kappa shape index (κ2) is 8.91. The molecule has 4 rings (SSSR count). The molecule has 1 fully saturated rings. The lowest BCUT2D eigenvalue weighted by atomic mass is 9.90. The van der Waals surface area contributed by atoms with Crippen LogP contribution in [0.15, 0.2) is 66.9 Å². The van der Waals surface area contributed by atoms with Crippen LogP contribution >= 0.6 is 0 Å². The molecule has 2 heterocycles. The van der Waals surface area contributed by atoms with Crippen molar-refractivity contribution in [1.82, 2.24) is 9.47 Å². The van der Waals surface area contributed by atoms with Gasteiger partial charge in [-0.2, -0.15) is 18.4 Å². The van der Waals surface area contributed by atoms with E-state index in [1.807, 2.05) is 24.3 Å². The number of halogens is 3. The van der Waals surface area contributed by atoms with E-state index in [0.29, 0.717) is 19.0 Å². The molecule has 1 amide bonds. The number of hydrogen-bond donors (Lipinski definition) is 0. The summed E-state index contributed by atoms with van der Waals surface area (Å²) in [5.41, 5.74) is 0.917. The smallest absolute Gasteiger partial charge is 0.337 e. The van der Waals surface area contributed by atoms with E-state index in [-0.39, 0.29) is 22.9 Å². The van der Waals surface area contributed by atoms with E-state index in [9.17, 15) is 23.2 Å². The fourth-order valence-electron chi connectivity index (χ4n) is 4.23. The monoisotopic (exact) mass is 437 g/mol. The van der Waals surface area contributed by atoms with Gasteiger partial charge in [0.25, 0.3) is 5.91 Å². The van der Waals surface area contributed by atoms with Crippen LogP contribution in [0, 0.1) is 17.2 Å². The summed E-state index contributed by atoms with van der Waals surface area (Å²) in [4.78, 5) is 15.0. The van der Waals surface area contributed by atoms with Crippen molar-refractivity contribution in [2.24, 2.45) is 5.92 Å². The van der Waals surface area contributed by atoms with Crippen molar-refractivity contribution < 1.29 is 18.0 Å². The van der Waals surface area contributed by atoms with Crippen molar-refractivity contribution in [2.75, 3.05) is 13.1 Å². The number of alkyl halides is 3. The predicted molar refractivity (Wildman–Crippen MR) is 114 cm³/mol. The largest absolute Gasteiger partial charge is 0.416 e. The van der Waals surface area contributed by atoms with E-state index < -0.39 is 11.7 Å². The Morgan fingerprint density at radius 3 is 2.41 bits per heavy atom. The third kappa shape index (κ3) is 4.54. The first kappa shape index (κ1) is 21.7. The molecule has 0 spiro atoms. The Bertz CT molecular complexity index is 1140. The van der Waals surface area contributed by atoms with Crippen LogP contribution in [0.4, 0.5) is 13.2 Å². The van der Waals surface area contributed by atoms with Crippen LogP contribution in [0.1, 0.15) is 40.0 Å². The van der Waals surface area contributed by atoms with Crippen molar-refractivity contribution in [2.45, 2.75) is 25.4 Å². The summed E-state index contributed by atoms with van der Waals surface area (Å²) >= 11 is 0. The molecule has 0 bridgehead atoms. The number of hydrogen-bond acceptors (Lipinski definition) is 2. The third-order valence-electron chi connectivity index (χ3n) is 5.93. The Balaban J connectivity index is 1.54. The van der Waals surface area contributed by atoms with Gasteiger partial charge >= 0.3 is 6.18 Å². The molecule has 1 aromatic heterocycles. The number of carbonyl (C=O) groups excluding carboxylic acids is 1. The summed E-state index contributed by atoms with van der Waals surface area (Å²) < 4.78 is 40.9. The molecule has 164 valence electrons. The summed E-state index contributed by atoms with van der Waals surface area (Å²) in [7, 11) is 0. The number of nitrogens with zero attached hydrogens (tertiary/aromatic N) is 3. The van der Waals surface area contributed by atoms with Gasteiger partial charge in [-0.3, -0.25) is 4.79 Å². The lowest BCUT2D eigenvalue weighted by molar-refractivity contribution is -0.137. The Kier molecular flexibility index (Phi) is 6.04. The second-order valence-corrected chi connectivity index (χ2v) is 8.03. The molecular weight excluding hydrogens is 415 g/mol. The molecular formula is C25H22F3N3O. The van der Waals surface area contributed by atoms with Crippen molar-refractivity contribution in [3.05, 3.63) is 89.2 Å². The van der Waals surface area contributed by atoms with E-state index in [2.05, 4.69) is 12.1 Å². The Hall–Kier alpha value is -3.53. The van der Waals surface area contributed by atoms with Crippen LogP contribution in [0.2, 0.25) is 0 Å². The van der Waals surface area contributed by atoms with E-state index in [1.54, 1.807) is 4.90 Å². The van der Waals surface area contributed by atoms with Crippen molar-refractivity contribution in [3.8, 4) is 11.8 Å². The molecule has 3 aromatic rings. The maximum atomic E-state index is 13.3. The topological polar surface area (TPSA) is 49.0 Å². The molecule has 0 unspecified atom stereocenters. The number of carbonyl (C=O) groups is 1. The molecule has 1 aliphatic rings. The fraction of sp³-hybridized carbons (Fsp3) is 0.280. The summed E-state index contributed by atoms with van der Waals surface area (Å²) in [5.74, 6) is 0.134. The number of rotatable bonds is 4. The van der Waals surface area contributed by atoms with Crippen molar-refractivity contribution in [1.29, 1.82) is 5.26 Å². The highest BCUT2D eigenvalue weighted by atomic mass is 19.4. The van der Waals surface area contributed by atoms with Crippen LogP contribution < -0.4 is 0 Å². The quantitative estimate of drug-likeness (QED) is 0.544. The molecule has 7 heteroatoms. The Morgan fingerprint density at radius 2 is 1.75 bits per heavy atom. The number of amides is 1. The molecule has 0 N–H and O–H groups in total. The first-order chi connectivity index (χ1) is 15.4. The number of likely N-dealkylation sites (tertiary alicyclic amines) is 1. The maximum Gasteiger partial charge on any atom is 0.416 e. The Labute approximate surface area is 184 Å². The van der Waals surface area contributed by atoms with Crippen LogP contribution in [-0.2, 0) is 12.6 Å². The van der Waals surface area contributed by atoms with Gasteiger partial charge in [0, 0.05) is 25.0 Å². The lowest BCUT2D eigenvalue weighted by Gasteiger charge is -2.32. The van der Waals surface area contributed by atoms with Crippen LogP contribution in [-0.4, -0.2) is 28.5 Å². The highest BCUT2D eigenvalue weighted by molar-refractivity contribution is 5.96. The van der Waals surface area contributed by atoms with Gasteiger partial charge in [-0.1, -0.05) is 36.4 Å². The van der Waals surface area contributed by atoms with Gasteiger partial charge in [-0.25, -0.2) is 0 Å². The SMILES string of the molecule is N#Cc1ccn(-c2cccc(C(F)(F)F)c2)c1C(=O)N1CCC(Cc2ccccc2)CC1. The predicted octanol–water partition coefficient (Wildman–Crippen LogP) is 5.46. The minimum Gasteiger partial charge on any atom is -0.337 e. The fourth-order valence-corrected chi connectivity index (χ4v) is 4.23. The molecule has 32 heavy (non-hydrogen) atoms. The lowest BCUT2D eigenvalue weighted by Crippen LogP contribution is -2.40. The average molecular weight is 437 g/mol. The number of benzene rings is 2. The van der Waals surface area contributed by atoms with E-state index in [0.717, 1.165) is 31.4 Å². The van der Waals surface area contributed by atoms with Crippen LogP contribution in [0.3, 0.4) is 0 Å². The molecule has 2 aromatic carbocycles. The summed E-state index contributed by atoms with van der Waals surface area (Å²) in [6.45, 7) is 1.10. The van der Waals surface area contributed by atoms with Crippen molar-refractivity contribution >= 4 is 5.91 Å². The maximum absolute atomic E-state index is 13.3. The highest BCUT2D eigenvalue weighted by Crippen LogP contribution is 2.31. The molecule has 0 atom stereocenters. The van der Waals surface area contributed by atoms with E-state index in [4.69, 9.17) is 0 Å². The highest BCUT2D eigenvalue weighted by Gasteiger charge is 2.32. The molecule has 1 saturated heterocycles. The number of aromatic nitrogens is 1. The van der Waals surface area contributed by atoms with Gasteiger partial charge in [0.1, 0.15) is 11.8 Å². The molecule has 4 nitrogen and oxygen atoms in total. The standard InChI is InChI=1S/C25H22F3N3O/c26-25(27,28)21-7-4-8-22(16-21)31-14-11-20(17-29)23(31)24(32)30-12-9-19(10-13-30)15-18-5-2-1-3-6-18/h1-8,11,14,16,19H,9-10,12-13,15H2. The zero-order valence-corrected chi connectivity index (χ0v) is 17.3. The van der Waals surface area contributed by atoms with Crippen molar-refractivity contribution in [3.63, 3.8) is 0 Å². The van der Waals surface area contributed by atoms with E-state index >= 15 is 0 Å². The van der Waals surface area contributed by atoms with Gasteiger partial charge in [0.2, 0.25) is 0 Å². The van der Waals surface area contributed by atoms with Gasteiger partial charge in [0.15, 0.2) is 0 Å². The van der Waals surface area contributed by atoms with Gasteiger partial charge in [-0.05, 0) is 55.0 Å². The zero-order valence-electron chi connectivity index (χ0n) is 17.3. The molecule has 1 aliphatic heterocycles. The first-order valence-corrected chi connectivity index (χ1v) is 10.5. The Morgan fingerprint density at radius 1 is 1.03 bits per heavy atom. The number of piperidine rings is 1. The zero-order chi connectivity index (χ0) is 22.7. The summed E-state index contributed by atoms with van der Waals surface area (Å²) in [6.07, 6.45) is -0.387. The van der Waals surface area contributed by atoms with E-state index in [1.165, 1.54) is 34.5 Å². The number of nitriles is 1. The summed E-state index contributed by atoms with van der Waals surface area (Å²) in [6, 6.07) is 18.4. The van der Waals surface area contributed by atoms with Gasteiger partial charge in [0.05, 0.1) is 11.1 Å². The first-order valence-electron chi connectivity index (χ1n) is 10.5. The average Bonchev–Trinajstić information content (AvgIpc) is 3.23. The van der Waals surface area contributed by atoms with Gasteiger partial charge in [-0.15, -0.1) is 0 Å². The van der Waals surface area contributed by atoms with Crippen LogP contribution in [0.5, 0.6) is 0 Å². The van der Waals surface area contributed by atoms with Gasteiger partial charge < -0.3 is 9.47 Å². The third-order valence-corrected chi connectivity index (χ3v) is 5.93. The summed E-state index contributed by atoms with van der Waals surface area (Å²) in [5, 5.41) is 9.50. The minimum atomic E-state index is -4.49. The molecule has 0 aliphatic carbocycles. The molecule has 0 radical (unpaired) electrons. The van der Waals surface area contributed by atoms with Crippen LogP contribution in [0.25, 0.3) is 5.69 Å². The normalized spacial score (nSPS) is 14.9.